The van der Waals surface area contributed by atoms with Crippen LogP contribution in [0.3, 0.4) is 0 Å². The van der Waals surface area contributed by atoms with Crippen molar-refractivity contribution in [3.63, 3.8) is 0 Å². The molecule has 5 aromatic rings. The highest BCUT2D eigenvalue weighted by molar-refractivity contribution is 6.07. The molecule has 0 bridgehead atoms. The number of nitrogens with one attached hydrogen (secondary N) is 3. The lowest BCUT2D eigenvalue weighted by Crippen LogP contribution is -2.51. The van der Waals surface area contributed by atoms with Crippen LogP contribution in [0, 0.1) is 17.8 Å². The quantitative estimate of drug-likeness (QED) is 0.131. The lowest BCUT2D eigenvalue weighted by atomic mass is 9.92. The van der Waals surface area contributed by atoms with Crippen molar-refractivity contribution in [1.29, 1.82) is 0 Å². The van der Waals surface area contributed by atoms with Crippen molar-refractivity contribution in [2.75, 3.05) is 33.9 Å². The number of imidazole rings is 2. The number of likely N-dealkylation sites (tertiary alicyclic amines) is 2. The Bertz CT molecular complexity index is 2510. The third kappa shape index (κ3) is 8.26. The van der Waals surface area contributed by atoms with Gasteiger partial charge in [0, 0.05) is 37.1 Å². The van der Waals surface area contributed by atoms with Gasteiger partial charge in [-0.25, -0.2) is 19.6 Å². The maximum Gasteiger partial charge on any atom is 0.410 e. The van der Waals surface area contributed by atoms with Gasteiger partial charge in [-0.3, -0.25) is 9.69 Å². The monoisotopic (exact) mass is 859 g/mol. The molecule has 2 saturated heterocycles. The number of H-pyrrole nitrogens is 2. The van der Waals surface area contributed by atoms with Gasteiger partial charge in [0.2, 0.25) is 5.91 Å². The first kappa shape index (κ1) is 42.8. The number of aromatic amines is 2. The zero-order valence-electron chi connectivity index (χ0n) is 35.8. The molecule has 1 unspecified atom stereocenters. The standard InChI is InChI=1S/C45H52F3N7O7/c1-8-23(2)37(53-42(57)60-7)41(56)54-20-28(45(46,47)48)16-35(54)39-49-18-33(51-39)26-9-11-29-27(14-26)22-61-36-17-30-25(15-31(29)36)10-12-32-38(30)52-40(50-32)34-13-24(21-59-6)19-55(34)43(58)62-44(3,4)5/h9-12,14-15,17-18,23-24,28,34-35,37H,8,13,16,19-22H2,1-7H3,(H,49,51)(H,50,52)(H,53,57)/t23?,24-,28-,34-,35-,37-/m0/s1. The van der Waals surface area contributed by atoms with Crippen LogP contribution in [0.25, 0.3) is 44.2 Å². The van der Waals surface area contributed by atoms with Gasteiger partial charge in [0.1, 0.15) is 35.6 Å². The average molecular weight is 860 g/mol. The molecule has 0 aliphatic carbocycles. The van der Waals surface area contributed by atoms with Crippen LogP contribution >= 0.6 is 0 Å². The highest BCUT2D eigenvalue weighted by atomic mass is 19.4. The number of alkyl halides is 3. The number of nitrogens with zero attached hydrogens (tertiary/aromatic N) is 4. The molecule has 3 aliphatic rings. The van der Waals surface area contributed by atoms with Crippen molar-refractivity contribution in [3.8, 4) is 28.1 Å². The van der Waals surface area contributed by atoms with Crippen molar-refractivity contribution in [1.82, 2.24) is 35.1 Å². The lowest BCUT2D eigenvalue weighted by Gasteiger charge is -2.31. The smallest absolute Gasteiger partial charge is 0.410 e. The fraction of sp³-hybridized carbons (Fsp3) is 0.489. The molecule has 6 atom stereocenters. The number of carbonyl (C=O) groups excluding carboxylic acids is 3. The van der Waals surface area contributed by atoms with E-state index in [2.05, 4.69) is 26.3 Å². The zero-order valence-corrected chi connectivity index (χ0v) is 35.8. The van der Waals surface area contributed by atoms with Crippen LogP contribution in [0.2, 0.25) is 0 Å². The largest absolute Gasteiger partial charge is 0.488 e. The van der Waals surface area contributed by atoms with Gasteiger partial charge in [0.25, 0.3) is 0 Å². The highest BCUT2D eigenvalue weighted by Crippen LogP contribution is 2.46. The molecule has 0 saturated carbocycles. The Morgan fingerprint density at radius 1 is 0.968 bits per heavy atom. The van der Waals surface area contributed by atoms with Crippen molar-refractivity contribution in [3.05, 3.63) is 65.9 Å². The van der Waals surface area contributed by atoms with E-state index >= 15 is 0 Å². The third-order valence-electron chi connectivity index (χ3n) is 12.3. The molecule has 330 valence electrons. The van der Waals surface area contributed by atoms with E-state index in [1.165, 1.54) is 4.90 Å². The molecule has 2 aromatic heterocycles. The van der Waals surface area contributed by atoms with Crippen molar-refractivity contribution in [2.24, 2.45) is 17.8 Å². The first-order valence-corrected chi connectivity index (χ1v) is 20.9. The topological polar surface area (TPSA) is 164 Å². The molecule has 2 fully saturated rings. The first-order valence-electron chi connectivity index (χ1n) is 20.9. The summed E-state index contributed by atoms with van der Waals surface area (Å²) in [6, 6.07) is 11.6. The molecule has 8 rings (SSSR count). The molecule has 3 aliphatic heterocycles. The maximum atomic E-state index is 14.1. The van der Waals surface area contributed by atoms with E-state index < -0.39 is 54.4 Å². The van der Waals surface area contributed by atoms with E-state index in [4.69, 9.17) is 23.9 Å². The Morgan fingerprint density at radius 2 is 1.74 bits per heavy atom. The highest BCUT2D eigenvalue weighted by Gasteiger charge is 2.51. The van der Waals surface area contributed by atoms with Crippen molar-refractivity contribution < 1.29 is 46.5 Å². The SMILES string of the molecule is CCC(C)[C@H](NC(=O)OC)C(=O)N1C[C@@H](C(F)(F)F)C[C@H]1c1ncc(-c2ccc3c(c2)COc2cc4c(ccc5nc([C@@H]6C[C@H](COC)CN6C(=O)OC(C)(C)C)[nH]c54)cc2-3)[nH]1. The van der Waals surface area contributed by atoms with Gasteiger partial charge in [-0.15, -0.1) is 0 Å². The van der Waals surface area contributed by atoms with Gasteiger partial charge >= 0.3 is 18.4 Å². The second kappa shape index (κ2) is 16.5. The second-order valence-electron chi connectivity index (χ2n) is 17.7. The van der Waals surface area contributed by atoms with Crippen LogP contribution in [0.15, 0.2) is 48.7 Å². The molecular weight excluding hydrogens is 808 g/mol. The van der Waals surface area contributed by atoms with Crippen molar-refractivity contribution >= 4 is 39.9 Å². The van der Waals surface area contributed by atoms with Gasteiger partial charge in [-0.2, -0.15) is 13.2 Å². The van der Waals surface area contributed by atoms with Gasteiger partial charge in [0.05, 0.1) is 54.6 Å². The number of methoxy groups -OCH3 is 2. The average Bonchev–Trinajstić information content (AvgIpc) is 4.06. The number of ether oxygens (including phenoxy) is 4. The summed E-state index contributed by atoms with van der Waals surface area (Å²) in [6.45, 7) is 9.85. The summed E-state index contributed by atoms with van der Waals surface area (Å²) in [6.07, 6.45) is -3.40. The first-order chi connectivity index (χ1) is 29.5. The summed E-state index contributed by atoms with van der Waals surface area (Å²) in [4.78, 5) is 58.5. The third-order valence-corrected chi connectivity index (χ3v) is 12.3. The van der Waals surface area contributed by atoms with Crippen LogP contribution < -0.4 is 10.1 Å². The summed E-state index contributed by atoms with van der Waals surface area (Å²) < 4.78 is 64.7. The minimum atomic E-state index is -4.54. The molecule has 3 N–H and O–H groups in total. The molecule has 14 nitrogen and oxygen atoms in total. The van der Waals surface area contributed by atoms with Gasteiger partial charge in [0.15, 0.2) is 0 Å². The predicted molar refractivity (Wildman–Crippen MR) is 224 cm³/mol. The number of fused-ring (bicyclic) bond motifs is 6. The summed E-state index contributed by atoms with van der Waals surface area (Å²) in [5.74, 6) is -1.03. The van der Waals surface area contributed by atoms with E-state index in [0.29, 0.717) is 43.3 Å². The fourth-order valence-corrected chi connectivity index (χ4v) is 8.98. The van der Waals surface area contributed by atoms with Crippen LogP contribution in [0.1, 0.15) is 83.2 Å². The van der Waals surface area contributed by atoms with Gasteiger partial charge < -0.3 is 39.1 Å². The number of benzene rings is 3. The maximum absolute atomic E-state index is 14.1. The number of alkyl carbamates (subject to hydrolysis) is 1. The van der Waals surface area contributed by atoms with Gasteiger partial charge in [-0.05, 0) is 85.9 Å². The molecule has 0 spiro atoms. The normalized spacial score (nSPS) is 21.1. The molecule has 5 heterocycles. The van der Waals surface area contributed by atoms with Crippen LogP contribution in [0.5, 0.6) is 5.75 Å². The summed E-state index contributed by atoms with van der Waals surface area (Å²) in [7, 11) is 2.82. The summed E-state index contributed by atoms with van der Waals surface area (Å²) in [5.41, 5.74) is 5.04. The number of rotatable bonds is 9. The Kier molecular flexibility index (Phi) is 11.4. The molecule has 3 amide bonds. The van der Waals surface area contributed by atoms with E-state index in [1.54, 1.807) is 25.1 Å². The van der Waals surface area contributed by atoms with E-state index in [-0.39, 0.29) is 36.7 Å². The minimum absolute atomic E-state index is 0.128. The molecule has 17 heteroatoms. The van der Waals surface area contributed by atoms with E-state index in [0.717, 1.165) is 51.2 Å². The Hall–Kier alpha value is -5.84. The number of amides is 3. The number of hydrogen-bond acceptors (Lipinski definition) is 9. The van der Waals surface area contributed by atoms with E-state index in [9.17, 15) is 27.6 Å². The summed E-state index contributed by atoms with van der Waals surface area (Å²) in [5, 5.41) is 4.41. The molecule has 62 heavy (non-hydrogen) atoms. The van der Waals surface area contributed by atoms with Crippen LogP contribution in [-0.4, -0.2) is 99.6 Å². The Balaban J connectivity index is 1.06. The molecular formula is C45H52F3N7O7. The lowest BCUT2D eigenvalue weighted by molar-refractivity contribution is -0.171. The predicted octanol–water partition coefficient (Wildman–Crippen LogP) is 8.83. The van der Waals surface area contributed by atoms with Crippen molar-refractivity contribution in [2.45, 2.75) is 90.4 Å². The fourth-order valence-electron chi connectivity index (χ4n) is 8.98. The Labute approximate surface area is 356 Å². The molecule has 3 aromatic carbocycles. The second-order valence-corrected chi connectivity index (χ2v) is 17.7. The summed E-state index contributed by atoms with van der Waals surface area (Å²) >= 11 is 0. The van der Waals surface area contributed by atoms with Gasteiger partial charge in [-0.1, -0.05) is 38.5 Å². The zero-order chi connectivity index (χ0) is 44.2. The van der Waals surface area contributed by atoms with Crippen LogP contribution in [0.4, 0.5) is 22.8 Å². The molecule has 0 radical (unpaired) electrons. The van der Waals surface area contributed by atoms with E-state index in [1.807, 2.05) is 64.1 Å². The number of aromatic nitrogens is 4. The Morgan fingerprint density at radius 3 is 2.45 bits per heavy atom. The number of hydrogen-bond donors (Lipinski definition) is 3. The van der Waals surface area contributed by atoms with Crippen LogP contribution in [-0.2, 0) is 25.6 Å². The number of halogens is 3. The number of carbonyl (C=O) groups is 3. The minimum Gasteiger partial charge on any atom is -0.488 e.